The molecule has 0 amide bonds. The molecule has 3 nitrogen and oxygen atoms in total. The molecule has 76 valence electrons. The summed E-state index contributed by atoms with van der Waals surface area (Å²) in [4.78, 5) is 15.7. The summed E-state index contributed by atoms with van der Waals surface area (Å²) in [6.45, 7) is 5.71. The van der Waals surface area contributed by atoms with E-state index in [1.54, 1.807) is 18.5 Å². The maximum atomic E-state index is 11.7. The Morgan fingerprint density at radius 2 is 2.14 bits per heavy atom. The van der Waals surface area contributed by atoms with Crippen molar-refractivity contribution in [1.82, 2.24) is 4.98 Å². The molecule has 3 heteroatoms. The largest absolute Gasteiger partial charge is 0.398 e. The maximum absolute atomic E-state index is 11.7. The van der Waals surface area contributed by atoms with Crippen LogP contribution in [-0.2, 0) is 11.2 Å². The highest BCUT2D eigenvalue weighted by molar-refractivity contribution is 5.86. The van der Waals surface area contributed by atoms with E-state index in [0.29, 0.717) is 12.1 Å². The van der Waals surface area contributed by atoms with E-state index in [2.05, 4.69) is 4.98 Å². The second-order valence-corrected chi connectivity index (χ2v) is 4.42. The van der Waals surface area contributed by atoms with Crippen molar-refractivity contribution in [3.8, 4) is 0 Å². The van der Waals surface area contributed by atoms with Gasteiger partial charge in [-0.15, -0.1) is 0 Å². The van der Waals surface area contributed by atoms with Gasteiger partial charge in [-0.1, -0.05) is 20.8 Å². The Morgan fingerprint density at radius 3 is 2.64 bits per heavy atom. The number of rotatable bonds is 2. The Labute approximate surface area is 84.3 Å². The molecule has 0 aliphatic heterocycles. The molecule has 0 saturated heterocycles. The molecule has 0 aliphatic rings. The number of anilines is 1. The first kappa shape index (κ1) is 10.7. The second-order valence-electron chi connectivity index (χ2n) is 4.42. The molecule has 0 bridgehead atoms. The van der Waals surface area contributed by atoms with Crippen LogP contribution in [0.3, 0.4) is 0 Å². The average molecular weight is 192 g/mol. The summed E-state index contributed by atoms with van der Waals surface area (Å²) in [6.07, 6.45) is 3.64. The molecule has 0 atom stereocenters. The predicted octanol–water partition coefficient (Wildman–Crippen LogP) is 1.82. The third-order valence-corrected chi connectivity index (χ3v) is 2.13. The molecule has 1 aromatic heterocycles. The lowest BCUT2D eigenvalue weighted by Gasteiger charge is -2.16. The highest BCUT2D eigenvalue weighted by atomic mass is 16.1. The van der Waals surface area contributed by atoms with Crippen molar-refractivity contribution < 1.29 is 4.79 Å². The van der Waals surface area contributed by atoms with Crippen molar-refractivity contribution >= 4 is 11.5 Å². The summed E-state index contributed by atoms with van der Waals surface area (Å²) in [5.41, 5.74) is 6.85. The highest BCUT2D eigenvalue weighted by Crippen LogP contribution is 2.19. The Morgan fingerprint density at radius 1 is 1.50 bits per heavy atom. The second kappa shape index (κ2) is 3.78. The number of hydrogen-bond donors (Lipinski definition) is 1. The van der Waals surface area contributed by atoms with Crippen LogP contribution in [0.15, 0.2) is 18.5 Å². The first-order chi connectivity index (χ1) is 6.41. The third kappa shape index (κ3) is 2.55. The molecule has 0 saturated carbocycles. The zero-order valence-corrected chi connectivity index (χ0v) is 8.87. The Bertz CT molecular complexity index is 339. The van der Waals surface area contributed by atoms with Gasteiger partial charge in [0.15, 0.2) is 0 Å². The van der Waals surface area contributed by atoms with Gasteiger partial charge in [-0.2, -0.15) is 0 Å². The van der Waals surface area contributed by atoms with E-state index < -0.39 is 0 Å². The van der Waals surface area contributed by atoms with Crippen LogP contribution in [0.4, 0.5) is 5.69 Å². The van der Waals surface area contributed by atoms with Crippen molar-refractivity contribution in [3.05, 3.63) is 24.0 Å². The van der Waals surface area contributed by atoms with Gasteiger partial charge in [0.2, 0.25) is 0 Å². The monoisotopic (exact) mass is 192 g/mol. The fourth-order valence-electron chi connectivity index (χ4n) is 1.02. The number of hydrogen-bond acceptors (Lipinski definition) is 3. The molecule has 0 aliphatic carbocycles. The lowest BCUT2D eigenvalue weighted by molar-refractivity contribution is -0.125. The summed E-state index contributed by atoms with van der Waals surface area (Å²) in [5, 5.41) is 0. The van der Waals surface area contributed by atoms with Crippen LogP contribution in [0.5, 0.6) is 0 Å². The molecule has 0 aromatic carbocycles. The van der Waals surface area contributed by atoms with Gasteiger partial charge in [-0.25, -0.2) is 0 Å². The van der Waals surface area contributed by atoms with Gasteiger partial charge in [-0.3, -0.25) is 9.78 Å². The van der Waals surface area contributed by atoms with E-state index in [0.717, 1.165) is 5.56 Å². The summed E-state index contributed by atoms with van der Waals surface area (Å²) >= 11 is 0. The van der Waals surface area contributed by atoms with Gasteiger partial charge in [0.1, 0.15) is 5.78 Å². The van der Waals surface area contributed by atoms with E-state index in [1.807, 2.05) is 20.8 Å². The fraction of sp³-hybridized carbons (Fsp3) is 0.455. The Kier molecular flexibility index (Phi) is 2.89. The smallest absolute Gasteiger partial charge is 0.142 e. The first-order valence-corrected chi connectivity index (χ1v) is 4.63. The third-order valence-electron chi connectivity index (χ3n) is 2.13. The van der Waals surface area contributed by atoms with Crippen LogP contribution < -0.4 is 5.73 Å². The number of pyridine rings is 1. The van der Waals surface area contributed by atoms with Gasteiger partial charge in [0, 0.05) is 35.5 Å². The summed E-state index contributed by atoms with van der Waals surface area (Å²) in [5.74, 6) is 0.178. The molecule has 2 N–H and O–H groups in total. The van der Waals surface area contributed by atoms with Crippen molar-refractivity contribution in [2.24, 2.45) is 5.41 Å². The van der Waals surface area contributed by atoms with Gasteiger partial charge in [0.25, 0.3) is 0 Å². The van der Waals surface area contributed by atoms with Crippen LogP contribution in [0.2, 0.25) is 0 Å². The van der Waals surface area contributed by atoms with Crippen molar-refractivity contribution in [2.45, 2.75) is 27.2 Å². The van der Waals surface area contributed by atoms with E-state index in [1.165, 1.54) is 0 Å². The number of nitrogens with zero attached hydrogens (tertiary/aromatic N) is 1. The van der Waals surface area contributed by atoms with Gasteiger partial charge in [0.05, 0.1) is 0 Å². The van der Waals surface area contributed by atoms with E-state index in [-0.39, 0.29) is 11.2 Å². The minimum Gasteiger partial charge on any atom is -0.398 e. The molecular formula is C11H16N2O. The van der Waals surface area contributed by atoms with Crippen LogP contribution in [0.25, 0.3) is 0 Å². The van der Waals surface area contributed by atoms with E-state index in [4.69, 9.17) is 5.73 Å². The van der Waals surface area contributed by atoms with E-state index in [9.17, 15) is 4.79 Å². The Balaban J connectivity index is 2.80. The summed E-state index contributed by atoms with van der Waals surface area (Å²) < 4.78 is 0. The number of carbonyl (C=O) groups is 1. The lowest BCUT2D eigenvalue weighted by Crippen LogP contribution is -2.22. The minimum absolute atomic E-state index is 0.178. The lowest BCUT2D eigenvalue weighted by atomic mass is 9.87. The molecule has 1 heterocycles. The number of ketones is 1. The number of nitrogen functional groups attached to an aromatic ring is 1. The standard InChI is InChI=1S/C11H16N2O/c1-11(2,3)10(14)6-8-7-13-5-4-9(8)12/h4-5,7H,6H2,1-3H3,(H2,12,13). The molecule has 0 fully saturated rings. The predicted molar refractivity (Wildman–Crippen MR) is 56.8 cm³/mol. The average Bonchev–Trinajstić information content (AvgIpc) is 2.07. The molecule has 1 aromatic rings. The number of aromatic nitrogens is 1. The van der Waals surface area contributed by atoms with Crippen LogP contribution in [-0.4, -0.2) is 10.8 Å². The van der Waals surface area contributed by atoms with Crippen LogP contribution in [0, 0.1) is 5.41 Å². The van der Waals surface area contributed by atoms with Crippen LogP contribution in [0.1, 0.15) is 26.3 Å². The molecule has 1 rings (SSSR count). The highest BCUT2D eigenvalue weighted by Gasteiger charge is 2.21. The molecule has 14 heavy (non-hydrogen) atoms. The van der Waals surface area contributed by atoms with E-state index >= 15 is 0 Å². The van der Waals surface area contributed by atoms with Gasteiger partial charge < -0.3 is 5.73 Å². The summed E-state index contributed by atoms with van der Waals surface area (Å²) in [6, 6.07) is 1.71. The van der Waals surface area contributed by atoms with Gasteiger partial charge >= 0.3 is 0 Å². The number of Topliss-reactive ketones (excluding diaryl/α,β-unsaturated/α-hetero) is 1. The molecular weight excluding hydrogens is 176 g/mol. The first-order valence-electron chi connectivity index (χ1n) is 4.63. The normalized spacial score (nSPS) is 11.4. The quantitative estimate of drug-likeness (QED) is 0.777. The Hall–Kier alpha value is -1.38. The number of nitrogens with two attached hydrogens (primary N) is 1. The minimum atomic E-state index is -0.317. The maximum Gasteiger partial charge on any atom is 0.142 e. The zero-order valence-electron chi connectivity index (χ0n) is 8.87. The van der Waals surface area contributed by atoms with Crippen molar-refractivity contribution in [2.75, 3.05) is 5.73 Å². The topological polar surface area (TPSA) is 56.0 Å². The van der Waals surface area contributed by atoms with Crippen LogP contribution >= 0.6 is 0 Å². The molecule has 0 unspecified atom stereocenters. The summed E-state index contributed by atoms with van der Waals surface area (Å²) in [7, 11) is 0. The van der Waals surface area contributed by atoms with Gasteiger partial charge in [-0.05, 0) is 6.07 Å². The number of carbonyl (C=O) groups excluding carboxylic acids is 1. The van der Waals surface area contributed by atoms with Crippen molar-refractivity contribution in [3.63, 3.8) is 0 Å². The molecule has 0 radical (unpaired) electrons. The zero-order chi connectivity index (χ0) is 10.8. The van der Waals surface area contributed by atoms with Crippen molar-refractivity contribution in [1.29, 1.82) is 0 Å². The fourth-order valence-corrected chi connectivity index (χ4v) is 1.02. The SMILES string of the molecule is CC(C)(C)C(=O)Cc1cnccc1N. The molecule has 0 spiro atoms.